The Hall–Kier alpha value is -2.06. The molecular formula is C28H36F3N3O2. The summed E-state index contributed by atoms with van der Waals surface area (Å²) in [5.74, 6) is 1.48. The number of rotatable bonds is 4. The zero-order valence-electron chi connectivity index (χ0n) is 21.0. The fourth-order valence-electron chi connectivity index (χ4n) is 7.65. The number of hydrogen-bond acceptors (Lipinski definition) is 3. The summed E-state index contributed by atoms with van der Waals surface area (Å²) in [5, 5.41) is 0.733. The van der Waals surface area contributed by atoms with Crippen molar-refractivity contribution in [3.05, 3.63) is 35.0 Å². The summed E-state index contributed by atoms with van der Waals surface area (Å²) < 4.78 is 45.9. The van der Waals surface area contributed by atoms with Gasteiger partial charge in [-0.15, -0.1) is 0 Å². The van der Waals surface area contributed by atoms with Crippen molar-refractivity contribution in [2.45, 2.75) is 69.5 Å². The van der Waals surface area contributed by atoms with Crippen LogP contribution >= 0.6 is 0 Å². The van der Waals surface area contributed by atoms with Crippen LogP contribution in [-0.4, -0.2) is 65.6 Å². The summed E-state index contributed by atoms with van der Waals surface area (Å²) >= 11 is 0. The first kappa shape index (κ1) is 24.3. The zero-order chi connectivity index (χ0) is 25.1. The number of alkyl halides is 3. The largest absolute Gasteiger partial charge is 0.416 e. The third-order valence-electron chi connectivity index (χ3n) is 9.67. The summed E-state index contributed by atoms with van der Waals surface area (Å²) in [6.45, 7) is 7.47. The van der Waals surface area contributed by atoms with Crippen LogP contribution in [0.15, 0.2) is 18.2 Å². The quantitative estimate of drug-likeness (QED) is 0.612. The molecule has 0 radical (unpaired) electrons. The summed E-state index contributed by atoms with van der Waals surface area (Å²) in [5.41, 5.74) is 2.36. The second-order valence-corrected chi connectivity index (χ2v) is 11.5. The number of amides is 1. The molecule has 3 saturated heterocycles. The van der Waals surface area contributed by atoms with Crippen molar-refractivity contribution in [1.82, 2.24) is 14.8 Å². The highest BCUT2D eigenvalue weighted by Crippen LogP contribution is 2.47. The maximum Gasteiger partial charge on any atom is 0.416 e. The number of halogens is 3. The van der Waals surface area contributed by atoms with Gasteiger partial charge in [0.2, 0.25) is 5.91 Å². The number of aromatic amines is 1. The van der Waals surface area contributed by atoms with Crippen LogP contribution in [0.25, 0.3) is 10.9 Å². The number of nitrogens with zero attached hydrogens (tertiary/aromatic N) is 2. The van der Waals surface area contributed by atoms with Crippen molar-refractivity contribution >= 4 is 16.8 Å². The molecule has 3 atom stereocenters. The Morgan fingerprint density at radius 2 is 2.00 bits per heavy atom. The second kappa shape index (κ2) is 9.05. The van der Waals surface area contributed by atoms with Gasteiger partial charge in [-0.05, 0) is 86.6 Å². The molecule has 1 aliphatic carbocycles. The van der Waals surface area contributed by atoms with Crippen LogP contribution in [0.5, 0.6) is 0 Å². The number of piperidine rings is 1. The number of hydrogen-bond donors (Lipinski definition) is 1. The van der Waals surface area contributed by atoms with Gasteiger partial charge >= 0.3 is 6.18 Å². The molecule has 4 heterocycles. The standard InChI is InChI=1S/C28H36F3N3O2/c1-18-22-17-33(12-7-27(8-13-36-14-9-27)34-10-2-3-25(34)35)11-6-19(22)15-24-26(18)21-16-20(28(29,30)31)4-5-23(21)32-24/h4-5,16,18-19,22,32H,2-3,6-15,17H2,1H3/t18-,19-,22-/m1/s1. The van der Waals surface area contributed by atoms with Crippen LogP contribution < -0.4 is 0 Å². The molecule has 4 aliphatic rings. The molecule has 1 aromatic heterocycles. The number of likely N-dealkylation sites (tertiary alicyclic amines) is 2. The topological polar surface area (TPSA) is 48.6 Å². The number of aromatic nitrogens is 1. The number of carbonyl (C=O) groups is 1. The molecule has 8 heteroatoms. The van der Waals surface area contributed by atoms with Crippen molar-refractivity contribution in [2.75, 3.05) is 39.4 Å². The van der Waals surface area contributed by atoms with Gasteiger partial charge in [0, 0.05) is 61.4 Å². The van der Waals surface area contributed by atoms with Crippen LogP contribution in [0.4, 0.5) is 13.2 Å². The Morgan fingerprint density at radius 3 is 2.72 bits per heavy atom. The van der Waals surface area contributed by atoms with E-state index in [2.05, 4.69) is 21.7 Å². The van der Waals surface area contributed by atoms with Gasteiger partial charge < -0.3 is 19.5 Å². The first-order valence-electron chi connectivity index (χ1n) is 13.6. The molecule has 2 aromatic rings. The Kier molecular flexibility index (Phi) is 6.10. The molecule has 1 N–H and O–H groups in total. The molecule has 0 spiro atoms. The van der Waals surface area contributed by atoms with E-state index in [1.165, 1.54) is 12.1 Å². The maximum absolute atomic E-state index is 13.4. The third-order valence-corrected chi connectivity index (χ3v) is 9.67. The van der Waals surface area contributed by atoms with Crippen LogP contribution in [0.2, 0.25) is 0 Å². The number of carbonyl (C=O) groups excluding carboxylic acids is 1. The molecule has 196 valence electrons. The minimum absolute atomic E-state index is 0.0845. The van der Waals surface area contributed by atoms with Crippen molar-refractivity contribution in [3.8, 4) is 0 Å². The number of nitrogens with one attached hydrogen (secondary N) is 1. The average Bonchev–Trinajstić information content (AvgIpc) is 3.46. The smallest absolute Gasteiger partial charge is 0.381 e. The zero-order valence-corrected chi connectivity index (χ0v) is 21.0. The molecule has 3 aliphatic heterocycles. The number of fused-ring (bicyclic) bond motifs is 4. The Balaban J connectivity index is 1.20. The van der Waals surface area contributed by atoms with Crippen molar-refractivity contribution in [1.29, 1.82) is 0 Å². The monoisotopic (exact) mass is 503 g/mol. The number of ether oxygens (including phenoxy) is 1. The summed E-state index contributed by atoms with van der Waals surface area (Å²) in [6, 6.07) is 4.11. The molecule has 0 saturated carbocycles. The van der Waals surface area contributed by atoms with Crippen molar-refractivity contribution < 1.29 is 22.7 Å². The highest BCUT2D eigenvalue weighted by molar-refractivity contribution is 5.86. The summed E-state index contributed by atoms with van der Waals surface area (Å²) in [7, 11) is 0. The summed E-state index contributed by atoms with van der Waals surface area (Å²) in [6.07, 6.45) is 2.10. The molecule has 3 fully saturated rings. The highest BCUT2D eigenvalue weighted by atomic mass is 19.4. The Morgan fingerprint density at radius 1 is 1.19 bits per heavy atom. The molecule has 0 bridgehead atoms. The van der Waals surface area contributed by atoms with E-state index in [9.17, 15) is 18.0 Å². The highest BCUT2D eigenvalue weighted by Gasteiger charge is 2.44. The lowest BCUT2D eigenvalue weighted by molar-refractivity contribution is -0.138. The van der Waals surface area contributed by atoms with Crippen LogP contribution in [0.1, 0.15) is 68.2 Å². The normalized spacial score (nSPS) is 28.9. The van der Waals surface area contributed by atoms with Crippen molar-refractivity contribution in [3.63, 3.8) is 0 Å². The fourth-order valence-corrected chi connectivity index (χ4v) is 7.65. The van der Waals surface area contributed by atoms with Crippen LogP contribution in [0.3, 0.4) is 0 Å². The van der Waals surface area contributed by atoms with E-state index in [1.54, 1.807) is 6.07 Å². The van der Waals surface area contributed by atoms with E-state index in [4.69, 9.17) is 4.74 Å². The molecule has 6 rings (SSSR count). The van der Waals surface area contributed by atoms with E-state index >= 15 is 0 Å². The van der Waals surface area contributed by atoms with Gasteiger partial charge in [0.05, 0.1) is 5.56 Å². The van der Waals surface area contributed by atoms with Gasteiger partial charge in [-0.2, -0.15) is 13.2 Å². The van der Waals surface area contributed by atoms with Gasteiger partial charge in [0.15, 0.2) is 0 Å². The second-order valence-electron chi connectivity index (χ2n) is 11.5. The molecule has 36 heavy (non-hydrogen) atoms. The minimum atomic E-state index is -4.34. The Labute approximate surface area is 210 Å². The predicted molar refractivity (Wildman–Crippen MR) is 132 cm³/mol. The van der Waals surface area contributed by atoms with E-state index in [0.29, 0.717) is 24.2 Å². The third kappa shape index (κ3) is 4.14. The fraction of sp³-hybridized carbons (Fsp3) is 0.679. The SMILES string of the molecule is C[C@H]1c2c([nH]c3ccc(C(F)(F)F)cc23)C[C@H]2CCN(CCC3(N4CCCC4=O)CCOCC3)C[C@@H]21. The van der Waals surface area contributed by atoms with Crippen LogP contribution in [0, 0.1) is 11.8 Å². The van der Waals surface area contributed by atoms with Crippen LogP contribution in [-0.2, 0) is 22.1 Å². The van der Waals surface area contributed by atoms with Gasteiger partial charge in [0.25, 0.3) is 0 Å². The van der Waals surface area contributed by atoms with Gasteiger partial charge in [-0.25, -0.2) is 0 Å². The van der Waals surface area contributed by atoms with Gasteiger partial charge in [0.1, 0.15) is 0 Å². The average molecular weight is 504 g/mol. The first-order valence-corrected chi connectivity index (χ1v) is 13.6. The van der Waals surface area contributed by atoms with Gasteiger partial charge in [-0.3, -0.25) is 4.79 Å². The lowest BCUT2D eigenvalue weighted by atomic mass is 9.68. The minimum Gasteiger partial charge on any atom is -0.381 e. The van der Waals surface area contributed by atoms with Gasteiger partial charge in [-0.1, -0.05) is 6.92 Å². The molecule has 1 amide bonds. The lowest BCUT2D eigenvalue weighted by Gasteiger charge is -2.48. The number of benzene rings is 1. The molecule has 0 unspecified atom stereocenters. The number of H-pyrrole nitrogens is 1. The Bertz CT molecular complexity index is 1140. The molecule has 1 aromatic carbocycles. The van der Waals surface area contributed by atoms with E-state index in [1.807, 2.05) is 0 Å². The lowest BCUT2D eigenvalue weighted by Crippen LogP contribution is -2.55. The van der Waals surface area contributed by atoms with Crippen molar-refractivity contribution in [2.24, 2.45) is 11.8 Å². The van der Waals surface area contributed by atoms with E-state index < -0.39 is 11.7 Å². The maximum atomic E-state index is 13.4. The summed E-state index contributed by atoms with van der Waals surface area (Å²) in [4.78, 5) is 20.8. The molecule has 5 nitrogen and oxygen atoms in total. The molecular weight excluding hydrogens is 467 g/mol. The van der Waals surface area contributed by atoms with E-state index in [0.717, 1.165) is 100 Å². The first-order chi connectivity index (χ1) is 17.2. The predicted octanol–water partition coefficient (Wildman–Crippen LogP) is 5.35. The van der Waals surface area contributed by atoms with E-state index in [-0.39, 0.29) is 11.5 Å².